The van der Waals surface area contributed by atoms with Crippen LogP contribution in [0.1, 0.15) is 87.7 Å². The Morgan fingerprint density at radius 2 is 1.92 bits per heavy atom. The summed E-state index contributed by atoms with van der Waals surface area (Å²) in [6.07, 6.45) is 8.86. The Kier molecular flexibility index (Phi) is 13.5. The Morgan fingerprint density at radius 3 is 2.66 bits per heavy atom. The fraction of sp³-hybridized carbons (Fsp3) is 0.386. The largest absolute Gasteiger partial charge is 0.404 e. The highest BCUT2D eigenvalue weighted by Crippen LogP contribution is 2.36. The number of aromatic nitrogens is 3. The molecule has 0 bridgehead atoms. The first-order valence-electron chi connectivity index (χ1n) is 20.0. The first-order valence-corrected chi connectivity index (χ1v) is 21.2. The van der Waals surface area contributed by atoms with E-state index in [9.17, 15) is 14.4 Å². The Labute approximate surface area is 353 Å². The van der Waals surface area contributed by atoms with Crippen LogP contribution in [0.25, 0.3) is 5.00 Å². The van der Waals surface area contributed by atoms with E-state index in [1.54, 1.807) is 17.6 Å². The van der Waals surface area contributed by atoms with Gasteiger partial charge in [-0.2, -0.15) is 0 Å². The number of aliphatic imine (C=N–C) groups is 2. The molecule has 13 nitrogen and oxygen atoms in total. The molecule has 2 aromatic heterocycles. The number of carbonyl (C=O) groups is 3. The molecule has 3 aliphatic heterocycles. The van der Waals surface area contributed by atoms with Crippen molar-refractivity contribution in [1.82, 2.24) is 29.9 Å². The van der Waals surface area contributed by atoms with Crippen molar-refractivity contribution in [3.63, 3.8) is 0 Å². The average Bonchev–Trinajstić information content (AvgIpc) is 3.70. The second-order valence-electron chi connectivity index (χ2n) is 15.2. The van der Waals surface area contributed by atoms with Crippen molar-refractivity contribution in [3.8, 4) is 16.8 Å². The number of nitrogens with two attached hydrogens (primary N) is 1. The monoisotopic (exact) mass is 832 g/mol. The van der Waals surface area contributed by atoms with Gasteiger partial charge in [0, 0.05) is 78.5 Å². The molecule has 306 valence electrons. The number of likely N-dealkylation sites (N-methyl/N-ethyl adjacent to an activating group) is 1. The van der Waals surface area contributed by atoms with Crippen molar-refractivity contribution in [2.24, 2.45) is 15.7 Å². The molecule has 4 N–H and O–H groups in total. The molecule has 2 fully saturated rings. The van der Waals surface area contributed by atoms with Crippen LogP contribution in [0, 0.1) is 25.7 Å². The second kappa shape index (κ2) is 19.1. The number of unbranched alkanes of at least 4 members (excludes halogenated alkanes) is 1. The topological polar surface area (TPSA) is 163 Å². The number of amides is 2. The summed E-state index contributed by atoms with van der Waals surface area (Å²) in [5.41, 5.74) is 12.9. The lowest BCUT2D eigenvalue weighted by Crippen LogP contribution is -2.51. The van der Waals surface area contributed by atoms with E-state index in [-0.39, 0.29) is 17.9 Å². The van der Waals surface area contributed by atoms with Gasteiger partial charge in [-0.25, -0.2) is 0 Å². The van der Waals surface area contributed by atoms with E-state index in [1.165, 1.54) is 6.20 Å². The second-order valence-corrected chi connectivity index (χ2v) is 16.6. The molecule has 2 amide bonds. The summed E-state index contributed by atoms with van der Waals surface area (Å²) in [6.45, 7) is 8.51. The summed E-state index contributed by atoms with van der Waals surface area (Å²) >= 11 is 7.80. The molecule has 2 aromatic carbocycles. The normalized spacial score (nSPS) is 17.5. The number of aryl methyl sites for hydroxylation is 1. The van der Waals surface area contributed by atoms with Crippen molar-refractivity contribution in [1.29, 1.82) is 0 Å². The number of allylic oxidation sites excluding steroid dienone is 1. The summed E-state index contributed by atoms with van der Waals surface area (Å²) in [5.74, 6) is 7.65. The summed E-state index contributed by atoms with van der Waals surface area (Å²) in [7, 11) is 1.86. The quantitative estimate of drug-likeness (QED) is 0.0511. The highest BCUT2D eigenvalue weighted by Gasteiger charge is 2.31. The van der Waals surface area contributed by atoms with Gasteiger partial charge in [-0.15, -0.1) is 21.5 Å². The van der Waals surface area contributed by atoms with Crippen molar-refractivity contribution in [3.05, 3.63) is 104 Å². The van der Waals surface area contributed by atoms with Gasteiger partial charge in [-0.3, -0.25) is 39.2 Å². The third kappa shape index (κ3) is 9.71. The first-order chi connectivity index (χ1) is 28.6. The lowest BCUT2D eigenvalue weighted by Gasteiger charge is -2.34. The SMILES string of the molecule is Cc1c(C#CC(C=NCCCCN2CCC(Nc3cccc(C=O)c3CN(C)C3CCC(=O)NC3=O)CC2)=CN)sc2c1C(c1ccc(Cl)cc1)=NCc1nnc(C)n1-2. The van der Waals surface area contributed by atoms with E-state index in [0.29, 0.717) is 48.6 Å². The number of imide groups is 1. The van der Waals surface area contributed by atoms with Crippen LogP contribution >= 0.6 is 22.9 Å². The summed E-state index contributed by atoms with van der Waals surface area (Å²) < 4.78 is 2.07. The number of nitrogens with one attached hydrogen (secondary N) is 2. The summed E-state index contributed by atoms with van der Waals surface area (Å²) in [5, 5.41) is 16.5. The molecule has 15 heteroatoms. The predicted molar refractivity (Wildman–Crippen MR) is 234 cm³/mol. The molecular weight excluding hydrogens is 784 g/mol. The molecule has 0 radical (unpaired) electrons. The molecule has 0 saturated carbocycles. The molecule has 4 aromatic rings. The number of rotatable bonds is 13. The van der Waals surface area contributed by atoms with Gasteiger partial charge < -0.3 is 16.0 Å². The van der Waals surface area contributed by atoms with Gasteiger partial charge in [0.15, 0.2) is 5.82 Å². The maximum atomic E-state index is 12.5. The third-order valence-electron chi connectivity index (χ3n) is 11.1. The van der Waals surface area contributed by atoms with E-state index < -0.39 is 6.04 Å². The molecule has 1 atom stereocenters. The van der Waals surface area contributed by atoms with Gasteiger partial charge in [0.25, 0.3) is 0 Å². The van der Waals surface area contributed by atoms with Crippen LogP contribution in [0.3, 0.4) is 0 Å². The van der Waals surface area contributed by atoms with Crippen molar-refractivity contribution in [2.45, 2.75) is 77.5 Å². The Hall–Kier alpha value is -5.46. The van der Waals surface area contributed by atoms with E-state index in [4.69, 9.17) is 22.3 Å². The smallest absolute Gasteiger partial charge is 0.243 e. The van der Waals surface area contributed by atoms with Gasteiger partial charge in [-0.05, 0) is 88.9 Å². The standard InChI is InChI=1S/C44H49ClN10O3S/c1-28-38(59-44-41(28)42(31-10-12-33(45)13-11-31)48-25-39-52-51-29(2)55(39)44)15-9-30(23-46)24-47-19-4-5-20-54-21-17-34(18-22-54)49-36-8-6-7-32(27-56)35(36)26-53(3)37-14-16-40(57)50-43(37)58/h6-8,10-13,23-24,27,34,37,49H,4-5,14,16-22,25-26,46H2,1-3H3,(H,50,57,58). The number of hydrogen-bond donors (Lipinski definition) is 3. The number of halogens is 1. The molecule has 1 unspecified atom stereocenters. The van der Waals surface area contributed by atoms with Gasteiger partial charge in [-0.1, -0.05) is 47.7 Å². The van der Waals surface area contributed by atoms with Crippen molar-refractivity contribution >= 4 is 58.7 Å². The fourth-order valence-electron chi connectivity index (χ4n) is 7.86. The summed E-state index contributed by atoms with van der Waals surface area (Å²) in [4.78, 5) is 51.1. The number of fused-ring (bicyclic) bond motifs is 3. The van der Waals surface area contributed by atoms with Crippen molar-refractivity contribution < 1.29 is 14.4 Å². The molecule has 2 saturated heterocycles. The number of likely N-dealkylation sites (tertiary alicyclic amines) is 1. The van der Waals surface area contributed by atoms with Crippen LogP contribution in [0.4, 0.5) is 5.69 Å². The Morgan fingerprint density at radius 1 is 1.12 bits per heavy atom. The highest BCUT2D eigenvalue weighted by atomic mass is 35.5. The number of thiophene rings is 1. The van der Waals surface area contributed by atoms with Gasteiger partial charge in [0.2, 0.25) is 11.8 Å². The molecule has 0 aliphatic carbocycles. The maximum Gasteiger partial charge on any atom is 0.243 e. The number of aldehydes is 1. The number of piperidine rings is 2. The van der Waals surface area contributed by atoms with E-state index >= 15 is 0 Å². The van der Waals surface area contributed by atoms with Crippen LogP contribution in [-0.2, 0) is 22.7 Å². The zero-order valence-corrected chi connectivity index (χ0v) is 35.2. The molecule has 0 spiro atoms. The number of benzene rings is 2. The van der Waals surface area contributed by atoms with Crippen LogP contribution in [0.2, 0.25) is 5.02 Å². The van der Waals surface area contributed by atoms with E-state index in [2.05, 4.69) is 54.1 Å². The number of anilines is 1. The van der Waals surface area contributed by atoms with Crippen LogP contribution in [-0.4, -0.2) is 99.9 Å². The van der Waals surface area contributed by atoms with Crippen LogP contribution < -0.4 is 16.4 Å². The molecule has 5 heterocycles. The predicted octanol–water partition coefficient (Wildman–Crippen LogP) is 5.62. The first kappa shape index (κ1) is 41.7. The Bertz CT molecular complexity index is 2360. The number of carbonyl (C=O) groups excluding carboxylic acids is 3. The van der Waals surface area contributed by atoms with Crippen molar-refractivity contribution in [2.75, 3.05) is 38.5 Å². The summed E-state index contributed by atoms with van der Waals surface area (Å²) in [6, 6.07) is 13.3. The minimum Gasteiger partial charge on any atom is -0.404 e. The van der Waals surface area contributed by atoms with E-state index in [1.807, 2.05) is 61.3 Å². The van der Waals surface area contributed by atoms with Crippen LogP contribution in [0.15, 0.2) is 64.2 Å². The molecular formula is C44H49ClN10O3S. The molecule has 7 rings (SSSR count). The zero-order valence-electron chi connectivity index (χ0n) is 33.6. The Balaban J connectivity index is 0.896. The number of nitrogens with zero attached hydrogens (tertiary/aromatic N) is 7. The lowest BCUT2D eigenvalue weighted by molar-refractivity contribution is -0.137. The molecule has 59 heavy (non-hydrogen) atoms. The van der Waals surface area contributed by atoms with Crippen LogP contribution in [0.5, 0.6) is 0 Å². The van der Waals surface area contributed by atoms with Gasteiger partial charge in [0.05, 0.1) is 22.2 Å². The lowest BCUT2D eigenvalue weighted by atomic mass is 9.99. The third-order valence-corrected chi connectivity index (χ3v) is 12.6. The minimum atomic E-state index is -0.415. The minimum absolute atomic E-state index is 0.241. The molecule has 3 aliphatic rings. The number of hydrogen-bond acceptors (Lipinski definition) is 12. The maximum absolute atomic E-state index is 12.5. The van der Waals surface area contributed by atoms with E-state index in [0.717, 1.165) is 107 Å². The average molecular weight is 833 g/mol. The fourth-order valence-corrected chi connectivity index (χ4v) is 9.21. The highest BCUT2D eigenvalue weighted by molar-refractivity contribution is 7.15. The zero-order chi connectivity index (χ0) is 41.5. The van der Waals surface area contributed by atoms with Gasteiger partial charge >= 0.3 is 0 Å². The van der Waals surface area contributed by atoms with Gasteiger partial charge in [0.1, 0.15) is 23.7 Å².